The van der Waals surface area contributed by atoms with Gasteiger partial charge in [-0.1, -0.05) is 6.07 Å². The summed E-state index contributed by atoms with van der Waals surface area (Å²) >= 11 is 0. The van der Waals surface area contributed by atoms with Gasteiger partial charge in [-0.2, -0.15) is 0 Å². The first-order chi connectivity index (χ1) is 11.1. The van der Waals surface area contributed by atoms with Gasteiger partial charge < -0.3 is 24.8 Å². The zero-order chi connectivity index (χ0) is 16.4. The van der Waals surface area contributed by atoms with Crippen LogP contribution in [0.1, 0.15) is 29.2 Å². The number of phenols is 2. The normalized spacial score (nSPS) is 16.5. The van der Waals surface area contributed by atoms with Crippen molar-refractivity contribution in [2.45, 2.75) is 25.4 Å². The number of ether oxygens (including phenoxy) is 2. The van der Waals surface area contributed by atoms with Gasteiger partial charge in [0.1, 0.15) is 29.1 Å². The van der Waals surface area contributed by atoms with Gasteiger partial charge in [-0.15, -0.1) is 0 Å². The standard InChI is InChI=1S/C18H20O5/c1-22-16-6-2-11-3-7-17(23-18(11)14(16)8-9-19)13-5-4-12(20)10-15(13)21/h2,4-6,10,17,19-21H,3,7-9H2,1H3/t17-/m1/s1. The monoisotopic (exact) mass is 316 g/mol. The van der Waals surface area contributed by atoms with Gasteiger partial charge in [0.05, 0.1) is 7.11 Å². The third-order valence-corrected chi connectivity index (χ3v) is 4.18. The van der Waals surface area contributed by atoms with Crippen molar-refractivity contribution in [2.75, 3.05) is 13.7 Å². The molecule has 0 bridgehead atoms. The van der Waals surface area contributed by atoms with E-state index < -0.39 is 0 Å². The van der Waals surface area contributed by atoms with E-state index >= 15 is 0 Å². The van der Waals surface area contributed by atoms with E-state index in [-0.39, 0.29) is 24.2 Å². The molecule has 0 saturated heterocycles. The summed E-state index contributed by atoms with van der Waals surface area (Å²) in [6, 6.07) is 8.39. The summed E-state index contributed by atoms with van der Waals surface area (Å²) in [5.74, 6) is 1.45. The number of benzene rings is 2. The molecule has 0 unspecified atom stereocenters. The van der Waals surface area contributed by atoms with Crippen molar-refractivity contribution in [3.05, 3.63) is 47.0 Å². The molecule has 0 fully saturated rings. The molecule has 0 radical (unpaired) electrons. The van der Waals surface area contributed by atoms with E-state index in [0.29, 0.717) is 17.7 Å². The molecule has 0 amide bonds. The van der Waals surface area contributed by atoms with Crippen LogP contribution in [0.3, 0.4) is 0 Å². The third kappa shape index (κ3) is 2.92. The fourth-order valence-corrected chi connectivity index (χ4v) is 3.05. The predicted octanol–water partition coefficient (Wildman–Crippen LogP) is 2.71. The van der Waals surface area contributed by atoms with Gasteiger partial charge in [-0.3, -0.25) is 0 Å². The molecular formula is C18H20O5. The minimum Gasteiger partial charge on any atom is -0.508 e. The SMILES string of the molecule is COc1ccc2c(c1CCO)O[C@@H](c1ccc(O)cc1O)CC2. The highest BCUT2D eigenvalue weighted by molar-refractivity contribution is 5.52. The van der Waals surface area contributed by atoms with Crippen molar-refractivity contribution >= 4 is 0 Å². The summed E-state index contributed by atoms with van der Waals surface area (Å²) in [5, 5.41) is 28.8. The highest BCUT2D eigenvalue weighted by atomic mass is 16.5. The highest BCUT2D eigenvalue weighted by Gasteiger charge is 2.27. The van der Waals surface area contributed by atoms with Crippen molar-refractivity contribution in [1.29, 1.82) is 0 Å². The van der Waals surface area contributed by atoms with Gasteiger partial charge in [0, 0.05) is 30.2 Å². The number of fused-ring (bicyclic) bond motifs is 1. The zero-order valence-corrected chi connectivity index (χ0v) is 13.0. The Balaban J connectivity index is 1.98. The molecule has 1 atom stereocenters. The van der Waals surface area contributed by atoms with Crippen LogP contribution in [0.2, 0.25) is 0 Å². The summed E-state index contributed by atoms with van der Waals surface area (Å²) in [6.45, 7) is 0.00526. The summed E-state index contributed by atoms with van der Waals surface area (Å²) in [7, 11) is 1.59. The molecule has 5 nitrogen and oxygen atoms in total. The topological polar surface area (TPSA) is 79.2 Å². The summed E-state index contributed by atoms with van der Waals surface area (Å²) in [6.07, 6.45) is 1.69. The van der Waals surface area contributed by atoms with Crippen molar-refractivity contribution in [3.8, 4) is 23.0 Å². The number of aromatic hydroxyl groups is 2. The van der Waals surface area contributed by atoms with Gasteiger partial charge in [-0.25, -0.2) is 0 Å². The lowest BCUT2D eigenvalue weighted by Crippen LogP contribution is -2.17. The number of aryl methyl sites for hydroxylation is 1. The maximum atomic E-state index is 10.1. The van der Waals surface area contributed by atoms with E-state index in [4.69, 9.17) is 9.47 Å². The van der Waals surface area contributed by atoms with Crippen LogP contribution in [0, 0.1) is 0 Å². The van der Waals surface area contributed by atoms with Crippen LogP contribution in [0.5, 0.6) is 23.0 Å². The van der Waals surface area contributed by atoms with Crippen LogP contribution < -0.4 is 9.47 Å². The smallest absolute Gasteiger partial charge is 0.130 e. The fraction of sp³-hybridized carbons (Fsp3) is 0.333. The maximum absolute atomic E-state index is 10.1. The first-order valence-electron chi connectivity index (χ1n) is 7.62. The first-order valence-corrected chi connectivity index (χ1v) is 7.62. The van der Waals surface area contributed by atoms with E-state index in [9.17, 15) is 15.3 Å². The number of aliphatic hydroxyl groups excluding tert-OH is 1. The maximum Gasteiger partial charge on any atom is 0.130 e. The van der Waals surface area contributed by atoms with Crippen LogP contribution in [0.15, 0.2) is 30.3 Å². The second-order valence-electron chi connectivity index (χ2n) is 5.60. The van der Waals surface area contributed by atoms with E-state index in [1.165, 1.54) is 12.1 Å². The summed E-state index contributed by atoms with van der Waals surface area (Å²) < 4.78 is 11.5. The molecule has 5 heteroatoms. The van der Waals surface area contributed by atoms with Crippen LogP contribution in [0.25, 0.3) is 0 Å². The Morgan fingerprint density at radius 3 is 2.74 bits per heavy atom. The number of rotatable bonds is 4. The molecular weight excluding hydrogens is 296 g/mol. The predicted molar refractivity (Wildman–Crippen MR) is 85.2 cm³/mol. The van der Waals surface area contributed by atoms with Crippen LogP contribution in [0.4, 0.5) is 0 Å². The third-order valence-electron chi connectivity index (χ3n) is 4.18. The van der Waals surface area contributed by atoms with Gasteiger partial charge >= 0.3 is 0 Å². The van der Waals surface area contributed by atoms with Gasteiger partial charge in [-0.05, 0) is 36.6 Å². The van der Waals surface area contributed by atoms with Gasteiger partial charge in [0.15, 0.2) is 0 Å². The van der Waals surface area contributed by atoms with Crippen molar-refractivity contribution in [1.82, 2.24) is 0 Å². The average Bonchev–Trinajstić information content (AvgIpc) is 2.55. The molecule has 3 rings (SSSR count). The minimum absolute atomic E-state index is 0.00526. The summed E-state index contributed by atoms with van der Waals surface area (Å²) in [5.41, 5.74) is 2.56. The van der Waals surface area contributed by atoms with Gasteiger partial charge in [0.25, 0.3) is 0 Å². The molecule has 23 heavy (non-hydrogen) atoms. The lowest BCUT2D eigenvalue weighted by molar-refractivity contribution is 0.168. The molecule has 0 aromatic heterocycles. The Bertz CT molecular complexity index is 711. The Hall–Kier alpha value is -2.40. The highest BCUT2D eigenvalue weighted by Crippen LogP contribution is 2.43. The fourth-order valence-electron chi connectivity index (χ4n) is 3.05. The molecule has 122 valence electrons. The zero-order valence-electron chi connectivity index (χ0n) is 13.0. The van der Waals surface area contributed by atoms with Crippen LogP contribution >= 0.6 is 0 Å². The Morgan fingerprint density at radius 1 is 1.22 bits per heavy atom. The molecule has 0 spiro atoms. The quantitative estimate of drug-likeness (QED) is 0.808. The van der Waals surface area contributed by atoms with Crippen molar-refractivity contribution in [3.63, 3.8) is 0 Å². The van der Waals surface area contributed by atoms with Crippen LogP contribution in [-0.2, 0) is 12.8 Å². The molecule has 3 N–H and O–H groups in total. The van der Waals surface area contributed by atoms with Gasteiger partial charge in [0.2, 0.25) is 0 Å². The molecule has 2 aromatic carbocycles. The Kier molecular flexibility index (Phi) is 4.30. The lowest BCUT2D eigenvalue weighted by atomic mass is 9.94. The van der Waals surface area contributed by atoms with E-state index in [0.717, 1.165) is 29.7 Å². The second-order valence-corrected chi connectivity index (χ2v) is 5.60. The Morgan fingerprint density at radius 2 is 2.04 bits per heavy atom. The largest absolute Gasteiger partial charge is 0.508 e. The minimum atomic E-state index is -0.298. The Labute approximate surface area is 134 Å². The number of hydrogen-bond acceptors (Lipinski definition) is 5. The number of aliphatic hydroxyl groups is 1. The average molecular weight is 316 g/mol. The van der Waals surface area contributed by atoms with E-state index in [2.05, 4.69) is 0 Å². The lowest BCUT2D eigenvalue weighted by Gasteiger charge is -2.29. The van der Waals surface area contributed by atoms with Crippen molar-refractivity contribution in [2.24, 2.45) is 0 Å². The number of methoxy groups -OCH3 is 1. The van der Waals surface area contributed by atoms with E-state index in [1.54, 1.807) is 13.2 Å². The molecule has 1 aliphatic rings. The van der Waals surface area contributed by atoms with Crippen LogP contribution in [-0.4, -0.2) is 29.0 Å². The molecule has 0 aliphatic carbocycles. The molecule has 0 saturated carbocycles. The molecule has 1 heterocycles. The number of phenolic OH excluding ortho intramolecular Hbond substituents is 2. The molecule has 2 aromatic rings. The van der Waals surface area contributed by atoms with E-state index in [1.807, 2.05) is 12.1 Å². The van der Waals surface area contributed by atoms with Crippen molar-refractivity contribution < 1.29 is 24.8 Å². The summed E-state index contributed by atoms with van der Waals surface area (Å²) in [4.78, 5) is 0. The second kappa shape index (κ2) is 6.38. The first kappa shape index (κ1) is 15.5. The molecule has 1 aliphatic heterocycles. The number of hydrogen-bond donors (Lipinski definition) is 3.